The average molecular weight is 315 g/mol. The third-order valence-corrected chi connectivity index (χ3v) is 3.46. The van der Waals surface area contributed by atoms with Gasteiger partial charge in [-0.3, -0.25) is 4.98 Å². The van der Waals surface area contributed by atoms with E-state index in [0.29, 0.717) is 6.04 Å². The van der Waals surface area contributed by atoms with Crippen molar-refractivity contribution < 1.29 is 4.74 Å². The Labute approximate surface area is 118 Å². The molecule has 3 nitrogen and oxygen atoms in total. The van der Waals surface area contributed by atoms with Gasteiger partial charge in [0.1, 0.15) is 0 Å². The Morgan fingerprint density at radius 1 is 1.39 bits per heavy atom. The first-order valence-corrected chi connectivity index (χ1v) is 7.36. The second-order valence-electron chi connectivity index (χ2n) is 4.46. The highest BCUT2D eigenvalue weighted by atomic mass is 79.9. The van der Waals surface area contributed by atoms with Gasteiger partial charge in [0.05, 0.1) is 6.10 Å². The van der Waals surface area contributed by atoms with Crippen LogP contribution in [0.4, 0.5) is 0 Å². The van der Waals surface area contributed by atoms with Crippen LogP contribution in [-0.2, 0) is 11.2 Å². The van der Waals surface area contributed by atoms with Crippen LogP contribution in [0.25, 0.3) is 0 Å². The van der Waals surface area contributed by atoms with E-state index in [1.807, 2.05) is 12.4 Å². The van der Waals surface area contributed by atoms with Crippen LogP contribution in [0.5, 0.6) is 0 Å². The molecule has 2 atom stereocenters. The largest absolute Gasteiger partial charge is 0.380 e. The Balaban J connectivity index is 2.70. The van der Waals surface area contributed by atoms with Crippen LogP contribution in [0.3, 0.4) is 0 Å². The van der Waals surface area contributed by atoms with Crippen LogP contribution in [0, 0.1) is 0 Å². The average Bonchev–Trinajstić information content (AvgIpc) is 2.37. The highest BCUT2D eigenvalue weighted by Crippen LogP contribution is 2.14. The summed E-state index contributed by atoms with van der Waals surface area (Å²) in [4.78, 5) is 4.21. The maximum Gasteiger partial charge on any atom is 0.0724 e. The molecule has 0 aliphatic rings. The number of aromatic nitrogens is 1. The van der Waals surface area contributed by atoms with E-state index in [-0.39, 0.29) is 6.10 Å². The Morgan fingerprint density at radius 2 is 2.17 bits per heavy atom. The number of pyridine rings is 1. The second-order valence-corrected chi connectivity index (χ2v) is 5.37. The summed E-state index contributed by atoms with van der Waals surface area (Å²) < 4.78 is 6.59. The van der Waals surface area contributed by atoms with E-state index in [9.17, 15) is 0 Å². The van der Waals surface area contributed by atoms with E-state index in [1.165, 1.54) is 5.56 Å². The number of methoxy groups -OCH3 is 1. The van der Waals surface area contributed by atoms with Crippen molar-refractivity contribution in [3.63, 3.8) is 0 Å². The van der Waals surface area contributed by atoms with Crippen LogP contribution in [0.15, 0.2) is 22.9 Å². The van der Waals surface area contributed by atoms with E-state index >= 15 is 0 Å². The van der Waals surface area contributed by atoms with Gasteiger partial charge in [-0.15, -0.1) is 0 Å². The molecule has 102 valence electrons. The molecule has 0 amide bonds. The van der Waals surface area contributed by atoms with Crippen molar-refractivity contribution in [2.45, 2.75) is 45.3 Å². The molecule has 0 fully saturated rings. The lowest BCUT2D eigenvalue weighted by molar-refractivity contribution is 0.0653. The Hall–Kier alpha value is -0.450. The van der Waals surface area contributed by atoms with Gasteiger partial charge in [0, 0.05) is 30.0 Å². The smallest absolute Gasteiger partial charge is 0.0724 e. The summed E-state index contributed by atoms with van der Waals surface area (Å²) in [7, 11) is 1.79. The first-order chi connectivity index (χ1) is 8.71. The molecule has 1 aromatic rings. The third-order valence-electron chi connectivity index (χ3n) is 3.03. The highest BCUT2D eigenvalue weighted by Gasteiger charge is 2.19. The van der Waals surface area contributed by atoms with E-state index in [4.69, 9.17) is 4.74 Å². The summed E-state index contributed by atoms with van der Waals surface area (Å²) in [5.41, 5.74) is 1.23. The minimum absolute atomic E-state index is 0.246. The van der Waals surface area contributed by atoms with Crippen LogP contribution in [0.1, 0.15) is 32.3 Å². The summed E-state index contributed by atoms with van der Waals surface area (Å²) in [5.74, 6) is 0. The summed E-state index contributed by atoms with van der Waals surface area (Å²) in [5, 5.41) is 3.57. The summed E-state index contributed by atoms with van der Waals surface area (Å²) in [6.45, 7) is 5.36. The topological polar surface area (TPSA) is 34.2 Å². The van der Waals surface area contributed by atoms with Crippen molar-refractivity contribution in [1.29, 1.82) is 0 Å². The monoisotopic (exact) mass is 314 g/mol. The predicted octanol–water partition coefficient (Wildman–Crippen LogP) is 3.18. The molecule has 0 saturated carbocycles. The minimum Gasteiger partial charge on any atom is -0.380 e. The van der Waals surface area contributed by atoms with Crippen molar-refractivity contribution in [1.82, 2.24) is 10.3 Å². The quantitative estimate of drug-likeness (QED) is 0.800. The maximum atomic E-state index is 5.57. The van der Waals surface area contributed by atoms with E-state index in [1.54, 1.807) is 7.11 Å². The number of ether oxygens (including phenoxy) is 1. The summed E-state index contributed by atoms with van der Waals surface area (Å²) in [6.07, 6.45) is 7.07. The van der Waals surface area contributed by atoms with Gasteiger partial charge in [-0.1, -0.05) is 13.8 Å². The van der Waals surface area contributed by atoms with Crippen LogP contribution >= 0.6 is 15.9 Å². The van der Waals surface area contributed by atoms with Gasteiger partial charge < -0.3 is 10.1 Å². The van der Waals surface area contributed by atoms with Gasteiger partial charge in [0.15, 0.2) is 0 Å². The summed E-state index contributed by atoms with van der Waals surface area (Å²) in [6, 6.07) is 2.46. The number of nitrogens with zero attached hydrogens (tertiary/aromatic N) is 1. The van der Waals surface area contributed by atoms with E-state index in [0.717, 1.165) is 30.3 Å². The van der Waals surface area contributed by atoms with Gasteiger partial charge in [-0.25, -0.2) is 0 Å². The number of hydrogen-bond acceptors (Lipinski definition) is 3. The minimum atomic E-state index is 0.246. The van der Waals surface area contributed by atoms with Gasteiger partial charge in [0.25, 0.3) is 0 Å². The van der Waals surface area contributed by atoms with Crippen molar-refractivity contribution in [3.05, 3.63) is 28.5 Å². The molecule has 0 aromatic carbocycles. The molecule has 1 rings (SSSR count). The normalized spacial score (nSPS) is 14.4. The molecule has 1 aromatic heterocycles. The fraction of sp³-hybridized carbons (Fsp3) is 0.643. The molecular weight excluding hydrogens is 292 g/mol. The van der Waals surface area contributed by atoms with Crippen molar-refractivity contribution in [2.75, 3.05) is 13.7 Å². The van der Waals surface area contributed by atoms with Crippen molar-refractivity contribution in [3.8, 4) is 0 Å². The zero-order valence-electron chi connectivity index (χ0n) is 11.4. The number of nitrogens with one attached hydrogen (secondary N) is 1. The first kappa shape index (κ1) is 15.6. The van der Waals surface area contributed by atoms with Crippen molar-refractivity contribution >= 4 is 15.9 Å². The van der Waals surface area contributed by atoms with Crippen LogP contribution in [-0.4, -0.2) is 30.8 Å². The predicted molar refractivity (Wildman–Crippen MR) is 78.8 cm³/mol. The summed E-state index contributed by atoms with van der Waals surface area (Å²) >= 11 is 3.46. The third kappa shape index (κ3) is 5.04. The van der Waals surface area contributed by atoms with Gasteiger partial charge in [0.2, 0.25) is 0 Å². The molecule has 1 N–H and O–H groups in total. The highest BCUT2D eigenvalue weighted by molar-refractivity contribution is 9.10. The van der Waals surface area contributed by atoms with Gasteiger partial charge in [-0.05, 0) is 53.4 Å². The van der Waals surface area contributed by atoms with Gasteiger partial charge >= 0.3 is 0 Å². The Bertz CT molecular complexity index is 342. The standard InChI is InChI=1S/C14H23BrN2O/c1-4-6-17-13(14(5-2)18-3)8-11-7-12(15)10-16-9-11/h7,9-10,13-14,17H,4-6,8H2,1-3H3. The zero-order valence-corrected chi connectivity index (χ0v) is 13.0. The first-order valence-electron chi connectivity index (χ1n) is 6.56. The molecule has 18 heavy (non-hydrogen) atoms. The lowest BCUT2D eigenvalue weighted by Gasteiger charge is -2.26. The molecule has 0 aliphatic carbocycles. The molecule has 0 radical (unpaired) electrons. The lowest BCUT2D eigenvalue weighted by atomic mass is 10.0. The van der Waals surface area contributed by atoms with Gasteiger partial charge in [-0.2, -0.15) is 0 Å². The van der Waals surface area contributed by atoms with E-state index < -0.39 is 0 Å². The Kier molecular flexibility index (Phi) is 7.47. The SMILES string of the molecule is CCCNC(Cc1cncc(Br)c1)C(CC)OC. The van der Waals surface area contributed by atoms with Crippen LogP contribution in [0.2, 0.25) is 0 Å². The second kappa shape index (κ2) is 8.62. The molecule has 0 spiro atoms. The molecule has 2 unspecified atom stereocenters. The number of halogens is 1. The van der Waals surface area contributed by atoms with Crippen molar-refractivity contribution in [2.24, 2.45) is 0 Å². The number of rotatable bonds is 8. The fourth-order valence-electron chi connectivity index (χ4n) is 2.10. The zero-order chi connectivity index (χ0) is 13.4. The molecule has 1 heterocycles. The lowest BCUT2D eigenvalue weighted by Crippen LogP contribution is -2.42. The molecule has 0 saturated heterocycles. The molecule has 0 aliphatic heterocycles. The molecule has 0 bridgehead atoms. The van der Waals surface area contributed by atoms with Crippen LogP contribution < -0.4 is 5.32 Å². The fourth-order valence-corrected chi connectivity index (χ4v) is 2.51. The Morgan fingerprint density at radius 3 is 2.72 bits per heavy atom. The maximum absolute atomic E-state index is 5.57. The number of hydrogen-bond donors (Lipinski definition) is 1. The molecular formula is C14H23BrN2O. The van der Waals surface area contributed by atoms with E-state index in [2.05, 4.69) is 46.1 Å². The molecule has 4 heteroatoms.